The number of carboxylic acids is 1. The Labute approximate surface area is 89.1 Å². The van der Waals surface area contributed by atoms with Gasteiger partial charge >= 0.3 is 5.97 Å². The summed E-state index contributed by atoms with van der Waals surface area (Å²) in [5.74, 6) is -0.912. The van der Waals surface area contributed by atoms with Gasteiger partial charge in [0.1, 0.15) is 5.75 Å². The third-order valence-electron chi connectivity index (χ3n) is 1.52. The minimum Gasteiger partial charge on any atom is -0.508 e. The molecule has 0 aliphatic rings. The van der Waals surface area contributed by atoms with E-state index in [9.17, 15) is 4.79 Å². The van der Waals surface area contributed by atoms with E-state index in [1.54, 1.807) is 0 Å². The fourth-order valence-corrected chi connectivity index (χ4v) is 0.808. The molecule has 0 saturated heterocycles. The van der Waals surface area contributed by atoms with Crippen molar-refractivity contribution in [3.63, 3.8) is 0 Å². The molecular formula is C11H16O4. The van der Waals surface area contributed by atoms with Gasteiger partial charge < -0.3 is 14.9 Å². The number of phenols is 1. The van der Waals surface area contributed by atoms with Gasteiger partial charge in [0.05, 0.1) is 5.56 Å². The fraction of sp³-hybridized carbons (Fsp3) is 0.364. The molecule has 0 saturated carbocycles. The summed E-state index contributed by atoms with van der Waals surface area (Å²) in [5, 5.41) is 17.1. The van der Waals surface area contributed by atoms with Crippen molar-refractivity contribution in [2.24, 2.45) is 0 Å². The zero-order valence-corrected chi connectivity index (χ0v) is 8.93. The molecule has 1 aromatic carbocycles. The van der Waals surface area contributed by atoms with Crippen LogP contribution in [0.15, 0.2) is 24.3 Å². The molecule has 4 heteroatoms. The molecular weight excluding hydrogens is 196 g/mol. The lowest BCUT2D eigenvalue weighted by atomic mass is 10.2. The Kier molecular flexibility index (Phi) is 7.01. The SMILES string of the molecule is CCOCC.O=C(O)c1ccc(O)cc1. The summed E-state index contributed by atoms with van der Waals surface area (Å²) in [6.45, 7) is 5.67. The first-order valence-electron chi connectivity index (χ1n) is 4.71. The van der Waals surface area contributed by atoms with E-state index in [1.807, 2.05) is 13.8 Å². The van der Waals surface area contributed by atoms with E-state index in [4.69, 9.17) is 14.9 Å². The Morgan fingerprint density at radius 2 is 1.67 bits per heavy atom. The third kappa shape index (κ3) is 6.51. The zero-order valence-electron chi connectivity index (χ0n) is 8.93. The molecule has 15 heavy (non-hydrogen) atoms. The van der Waals surface area contributed by atoms with Gasteiger partial charge in [-0.1, -0.05) is 0 Å². The molecule has 0 unspecified atom stereocenters. The van der Waals surface area contributed by atoms with Gasteiger partial charge in [0, 0.05) is 13.2 Å². The second-order valence-corrected chi connectivity index (χ2v) is 2.63. The normalized spacial score (nSPS) is 8.93. The predicted octanol–water partition coefficient (Wildman–Crippen LogP) is 2.13. The first-order valence-corrected chi connectivity index (χ1v) is 4.71. The lowest BCUT2D eigenvalue weighted by Crippen LogP contribution is -1.93. The zero-order chi connectivity index (χ0) is 11.7. The maximum absolute atomic E-state index is 10.2. The van der Waals surface area contributed by atoms with Crippen LogP contribution >= 0.6 is 0 Å². The lowest BCUT2D eigenvalue weighted by Gasteiger charge is -1.92. The van der Waals surface area contributed by atoms with Crippen LogP contribution in [0.5, 0.6) is 5.75 Å². The molecule has 1 rings (SSSR count). The highest BCUT2D eigenvalue weighted by molar-refractivity contribution is 5.87. The molecule has 0 spiro atoms. The van der Waals surface area contributed by atoms with Gasteiger partial charge in [0.25, 0.3) is 0 Å². The Morgan fingerprint density at radius 1 is 1.20 bits per heavy atom. The predicted molar refractivity (Wildman–Crippen MR) is 57.2 cm³/mol. The van der Waals surface area contributed by atoms with Crippen molar-refractivity contribution >= 4 is 5.97 Å². The summed E-state index contributed by atoms with van der Waals surface area (Å²) in [5.41, 5.74) is 0.179. The van der Waals surface area contributed by atoms with Gasteiger partial charge in [-0.25, -0.2) is 4.79 Å². The van der Waals surface area contributed by atoms with Crippen molar-refractivity contribution in [1.82, 2.24) is 0 Å². The number of carboxylic acid groups (broad SMARTS) is 1. The monoisotopic (exact) mass is 212 g/mol. The smallest absolute Gasteiger partial charge is 0.335 e. The lowest BCUT2D eigenvalue weighted by molar-refractivity contribution is 0.0697. The van der Waals surface area contributed by atoms with Crippen LogP contribution in [-0.4, -0.2) is 29.4 Å². The minimum absolute atomic E-state index is 0.0741. The Balaban J connectivity index is 0.000000336. The summed E-state index contributed by atoms with van der Waals surface area (Å²) in [7, 11) is 0. The van der Waals surface area contributed by atoms with Gasteiger partial charge in [-0.3, -0.25) is 0 Å². The second-order valence-electron chi connectivity index (χ2n) is 2.63. The summed E-state index contributed by atoms with van der Waals surface area (Å²) in [6.07, 6.45) is 0. The highest BCUT2D eigenvalue weighted by Crippen LogP contribution is 2.08. The van der Waals surface area contributed by atoms with Crippen molar-refractivity contribution in [1.29, 1.82) is 0 Å². The molecule has 0 bridgehead atoms. The third-order valence-corrected chi connectivity index (χ3v) is 1.52. The maximum atomic E-state index is 10.2. The molecule has 0 fully saturated rings. The van der Waals surface area contributed by atoms with Crippen LogP contribution in [0.4, 0.5) is 0 Å². The Hall–Kier alpha value is -1.55. The Bertz CT molecular complexity index is 277. The van der Waals surface area contributed by atoms with Gasteiger partial charge in [-0.15, -0.1) is 0 Å². The molecule has 0 atom stereocenters. The molecule has 4 nitrogen and oxygen atoms in total. The van der Waals surface area contributed by atoms with E-state index in [2.05, 4.69) is 0 Å². The van der Waals surface area contributed by atoms with Gasteiger partial charge in [-0.05, 0) is 38.1 Å². The van der Waals surface area contributed by atoms with Gasteiger partial charge in [0.2, 0.25) is 0 Å². The van der Waals surface area contributed by atoms with Crippen LogP contribution in [0.1, 0.15) is 24.2 Å². The highest BCUT2D eigenvalue weighted by Gasteiger charge is 1.99. The van der Waals surface area contributed by atoms with Crippen molar-refractivity contribution in [3.05, 3.63) is 29.8 Å². The van der Waals surface area contributed by atoms with Crippen LogP contribution in [0, 0.1) is 0 Å². The number of phenolic OH excluding ortho intramolecular Hbond substituents is 1. The fourth-order valence-electron chi connectivity index (χ4n) is 0.808. The molecule has 0 heterocycles. The summed E-state index contributed by atoms with van der Waals surface area (Å²) >= 11 is 0. The first kappa shape index (κ1) is 13.4. The van der Waals surface area contributed by atoms with Crippen molar-refractivity contribution in [2.75, 3.05) is 13.2 Å². The van der Waals surface area contributed by atoms with Crippen molar-refractivity contribution < 1.29 is 19.7 Å². The van der Waals surface area contributed by atoms with Crippen molar-refractivity contribution in [2.45, 2.75) is 13.8 Å². The van der Waals surface area contributed by atoms with Crippen LogP contribution in [0.25, 0.3) is 0 Å². The van der Waals surface area contributed by atoms with Crippen LogP contribution in [0.2, 0.25) is 0 Å². The number of aromatic carboxylic acids is 1. The number of carbonyl (C=O) groups is 1. The molecule has 0 aliphatic heterocycles. The van der Waals surface area contributed by atoms with Crippen molar-refractivity contribution in [3.8, 4) is 5.75 Å². The van der Waals surface area contributed by atoms with Gasteiger partial charge in [0.15, 0.2) is 0 Å². The van der Waals surface area contributed by atoms with Crippen LogP contribution in [-0.2, 0) is 4.74 Å². The van der Waals surface area contributed by atoms with E-state index in [-0.39, 0.29) is 11.3 Å². The minimum atomic E-state index is -0.986. The molecule has 1 aromatic rings. The van der Waals surface area contributed by atoms with E-state index in [0.29, 0.717) is 0 Å². The highest BCUT2D eigenvalue weighted by atomic mass is 16.5. The number of rotatable bonds is 3. The number of ether oxygens (including phenoxy) is 1. The van der Waals surface area contributed by atoms with Crippen LogP contribution in [0.3, 0.4) is 0 Å². The standard InChI is InChI=1S/C7H6O3.C4H10O/c8-6-3-1-5(2-4-6)7(9)10;1-3-5-4-2/h1-4,8H,(H,9,10);3-4H2,1-2H3. The number of hydrogen-bond acceptors (Lipinski definition) is 3. The molecule has 84 valence electrons. The quantitative estimate of drug-likeness (QED) is 0.805. The molecule has 0 radical (unpaired) electrons. The Morgan fingerprint density at radius 3 is 1.93 bits per heavy atom. The van der Waals surface area contributed by atoms with Gasteiger partial charge in [-0.2, -0.15) is 0 Å². The molecule has 0 amide bonds. The first-order chi connectivity index (χ1) is 7.11. The van der Waals surface area contributed by atoms with E-state index < -0.39 is 5.97 Å². The topological polar surface area (TPSA) is 66.8 Å². The summed E-state index contributed by atoms with van der Waals surface area (Å²) in [4.78, 5) is 10.2. The number of aromatic hydroxyl groups is 1. The molecule has 0 aromatic heterocycles. The van der Waals surface area contributed by atoms with E-state index in [1.165, 1.54) is 24.3 Å². The second kappa shape index (κ2) is 7.82. The van der Waals surface area contributed by atoms with Crippen LogP contribution < -0.4 is 0 Å². The summed E-state index contributed by atoms with van der Waals surface area (Å²) < 4.78 is 4.83. The maximum Gasteiger partial charge on any atom is 0.335 e. The molecule has 0 aliphatic carbocycles. The average molecular weight is 212 g/mol. The molecule has 2 N–H and O–H groups in total. The summed E-state index contributed by atoms with van der Waals surface area (Å²) in [6, 6.07) is 5.36. The number of hydrogen-bond donors (Lipinski definition) is 2. The number of benzene rings is 1. The van der Waals surface area contributed by atoms with E-state index >= 15 is 0 Å². The average Bonchev–Trinajstić information content (AvgIpc) is 2.20. The largest absolute Gasteiger partial charge is 0.508 e. The van der Waals surface area contributed by atoms with E-state index in [0.717, 1.165) is 13.2 Å².